The molecule has 0 saturated heterocycles. The maximum Gasteiger partial charge on any atom is 0.160 e. The SMILES string of the molecule is COc1ccccc1OC.c1ccc2ccccc2c1. The van der Waals surface area contributed by atoms with Crippen molar-refractivity contribution < 1.29 is 9.47 Å². The Morgan fingerprint density at radius 1 is 0.500 bits per heavy atom. The third kappa shape index (κ3) is 3.51. The summed E-state index contributed by atoms with van der Waals surface area (Å²) < 4.78 is 10.0. The fraction of sp³-hybridized carbons (Fsp3) is 0.111. The number of benzene rings is 3. The number of rotatable bonds is 2. The maximum absolute atomic E-state index is 5.01. The second-order valence-corrected chi connectivity index (χ2v) is 4.20. The molecule has 0 fully saturated rings. The van der Waals surface area contributed by atoms with Crippen LogP contribution < -0.4 is 9.47 Å². The first-order valence-corrected chi connectivity index (χ1v) is 6.46. The highest BCUT2D eigenvalue weighted by atomic mass is 16.5. The molecule has 3 rings (SSSR count). The van der Waals surface area contributed by atoms with E-state index in [-0.39, 0.29) is 0 Å². The van der Waals surface area contributed by atoms with E-state index in [0.29, 0.717) is 0 Å². The minimum Gasteiger partial charge on any atom is -0.493 e. The predicted octanol–water partition coefficient (Wildman–Crippen LogP) is 4.54. The molecule has 2 heteroatoms. The molecule has 0 aliphatic carbocycles. The number of fused-ring (bicyclic) bond motifs is 1. The summed E-state index contributed by atoms with van der Waals surface area (Å²) in [6, 6.07) is 24.2. The molecule has 0 saturated carbocycles. The summed E-state index contributed by atoms with van der Waals surface area (Å²) >= 11 is 0. The molecule has 20 heavy (non-hydrogen) atoms. The van der Waals surface area contributed by atoms with Crippen molar-refractivity contribution in [1.82, 2.24) is 0 Å². The molecule has 2 nitrogen and oxygen atoms in total. The van der Waals surface area contributed by atoms with Gasteiger partial charge in [-0.25, -0.2) is 0 Å². The number of methoxy groups -OCH3 is 2. The molecule has 0 aromatic heterocycles. The first kappa shape index (κ1) is 13.9. The minimum absolute atomic E-state index is 0.769. The van der Waals surface area contributed by atoms with Gasteiger partial charge in [-0.1, -0.05) is 60.7 Å². The Kier molecular flexibility index (Phi) is 5.01. The van der Waals surface area contributed by atoms with Crippen molar-refractivity contribution in [3.05, 3.63) is 72.8 Å². The van der Waals surface area contributed by atoms with Crippen LogP contribution in [0.25, 0.3) is 10.8 Å². The van der Waals surface area contributed by atoms with Gasteiger partial charge in [-0.2, -0.15) is 0 Å². The Morgan fingerprint density at radius 2 is 0.800 bits per heavy atom. The summed E-state index contributed by atoms with van der Waals surface area (Å²) in [6.45, 7) is 0. The Balaban J connectivity index is 0.000000147. The van der Waals surface area contributed by atoms with E-state index in [2.05, 4.69) is 48.5 Å². The summed E-state index contributed by atoms with van der Waals surface area (Å²) in [5.74, 6) is 1.54. The first-order valence-electron chi connectivity index (χ1n) is 6.46. The summed E-state index contributed by atoms with van der Waals surface area (Å²) in [6.07, 6.45) is 0. The van der Waals surface area contributed by atoms with Crippen LogP contribution in [0.2, 0.25) is 0 Å². The largest absolute Gasteiger partial charge is 0.493 e. The van der Waals surface area contributed by atoms with E-state index in [1.165, 1.54) is 10.8 Å². The van der Waals surface area contributed by atoms with Crippen LogP contribution in [0.4, 0.5) is 0 Å². The summed E-state index contributed by atoms with van der Waals surface area (Å²) in [7, 11) is 3.25. The van der Waals surface area contributed by atoms with Gasteiger partial charge in [0.05, 0.1) is 14.2 Å². The molecule has 102 valence electrons. The smallest absolute Gasteiger partial charge is 0.160 e. The summed E-state index contributed by atoms with van der Waals surface area (Å²) in [5.41, 5.74) is 0. The molecule has 0 bridgehead atoms. The second-order valence-electron chi connectivity index (χ2n) is 4.20. The molecular formula is C18H18O2. The number of hydrogen-bond acceptors (Lipinski definition) is 2. The maximum atomic E-state index is 5.01. The molecular weight excluding hydrogens is 248 g/mol. The van der Waals surface area contributed by atoms with Gasteiger partial charge in [0.15, 0.2) is 11.5 Å². The molecule has 3 aromatic carbocycles. The van der Waals surface area contributed by atoms with E-state index < -0.39 is 0 Å². The van der Waals surface area contributed by atoms with E-state index >= 15 is 0 Å². The van der Waals surface area contributed by atoms with Gasteiger partial charge in [-0.15, -0.1) is 0 Å². The number of para-hydroxylation sites is 2. The van der Waals surface area contributed by atoms with Gasteiger partial charge in [-0.05, 0) is 22.9 Å². The second kappa shape index (κ2) is 7.19. The van der Waals surface area contributed by atoms with E-state index in [1.54, 1.807) is 14.2 Å². The summed E-state index contributed by atoms with van der Waals surface area (Å²) in [4.78, 5) is 0. The molecule has 0 radical (unpaired) electrons. The van der Waals surface area contributed by atoms with Gasteiger partial charge >= 0.3 is 0 Å². The quantitative estimate of drug-likeness (QED) is 0.677. The fourth-order valence-electron chi connectivity index (χ4n) is 1.92. The lowest BCUT2D eigenvalue weighted by atomic mass is 10.1. The van der Waals surface area contributed by atoms with Crippen molar-refractivity contribution >= 4 is 10.8 Å². The van der Waals surface area contributed by atoms with Crippen molar-refractivity contribution in [1.29, 1.82) is 0 Å². The van der Waals surface area contributed by atoms with Crippen LogP contribution >= 0.6 is 0 Å². The van der Waals surface area contributed by atoms with Crippen LogP contribution in [-0.4, -0.2) is 14.2 Å². The molecule has 0 N–H and O–H groups in total. The Bertz CT molecular complexity index is 574. The van der Waals surface area contributed by atoms with Gasteiger partial charge in [0.2, 0.25) is 0 Å². The lowest BCUT2D eigenvalue weighted by Gasteiger charge is -2.04. The molecule has 0 amide bonds. The topological polar surface area (TPSA) is 18.5 Å². The van der Waals surface area contributed by atoms with E-state index in [4.69, 9.17) is 9.47 Å². The Labute approximate surface area is 119 Å². The van der Waals surface area contributed by atoms with Crippen molar-refractivity contribution in [2.75, 3.05) is 14.2 Å². The lowest BCUT2D eigenvalue weighted by molar-refractivity contribution is 0.355. The molecule has 3 aromatic rings. The average molecular weight is 266 g/mol. The van der Waals surface area contributed by atoms with Crippen molar-refractivity contribution in [2.24, 2.45) is 0 Å². The van der Waals surface area contributed by atoms with Crippen molar-refractivity contribution in [2.45, 2.75) is 0 Å². The molecule has 0 unspecified atom stereocenters. The highest BCUT2D eigenvalue weighted by molar-refractivity contribution is 5.81. The van der Waals surface area contributed by atoms with Crippen LogP contribution in [0, 0.1) is 0 Å². The zero-order valence-electron chi connectivity index (χ0n) is 11.7. The zero-order chi connectivity index (χ0) is 14.2. The van der Waals surface area contributed by atoms with Crippen LogP contribution in [0.1, 0.15) is 0 Å². The molecule has 0 aliphatic heterocycles. The van der Waals surface area contributed by atoms with Crippen molar-refractivity contribution in [3.8, 4) is 11.5 Å². The van der Waals surface area contributed by atoms with E-state index in [9.17, 15) is 0 Å². The molecule has 0 heterocycles. The third-order valence-corrected chi connectivity index (χ3v) is 2.95. The van der Waals surface area contributed by atoms with Gasteiger partial charge in [0, 0.05) is 0 Å². The normalized spacial score (nSPS) is 9.50. The van der Waals surface area contributed by atoms with Crippen LogP contribution in [0.15, 0.2) is 72.8 Å². The minimum atomic E-state index is 0.769. The molecule has 0 atom stereocenters. The first-order chi connectivity index (χ1) is 9.85. The highest BCUT2D eigenvalue weighted by Crippen LogP contribution is 2.24. The van der Waals surface area contributed by atoms with E-state index in [0.717, 1.165) is 11.5 Å². The Hall–Kier alpha value is -2.48. The third-order valence-electron chi connectivity index (χ3n) is 2.95. The molecule has 0 spiro atoms. The lowest BCUT2D eigenvalue weighted by Crippen LogP contribution is -1.88. The fourth-order valence-corrected chi connectivity index (χ4v) is 1.92. The van der Waals surface area contributed by atoms with Crippen LogP contribution in [0.3, 0.4) is 0 Å². The molecule has 0 aliphatic rings. The standard InChI is InChI=1S/C10H8.C8H10O2/c1-2-6-10-8-4-3-7-9(10)5-1;1-9-7-5-3-4-6-8(7)10-2/h1-8H;3-6H,1-2H3. The van der Waals surface area contributed by atoms with Gasteiger partial charge in [0.25, 0.3) is 0 Å². The predicted molar refractivity (Wildman–Crippen MR) is 83.5 cm³/mol. The number of hydrogen-bond donors (Lipinski definition) is 0. The van der Waals surface area contributed by atoms with Crippen LogP contribution in [0.5, 0.6) is 11.5 Å². The van der Waals surface area contributed by atoms with Crippen LogP contribution in [-0.2, 0) is 0 Å². The van der Waals surface area contributed by atoms with Gasteiger partial charge in [-0.3, -0.25) is 0 Å². The Morgan fingerprint density at radius 3 is 1.10 bits per heavy atom. The number of ether oxygens (including phenoxy) is 2. The van der Waals surface area contributed by atoms with Gasteiger partial charge in [0.1, 0.15) is 0 Å². The average Bonchev–Trinajstić information content (AvgIpc) is 2.55. The summed E-state index contributed by atoms with van der Waals surface area (Å²) in [5, 5.41) is 2.62. The van der Waals surface area contributed by atoms with Gasteiger partial charge < -0.3 is 9.47 Å². The zero-order valence-corrected chi connectivity index (χ0v) is 11.7. The highest BCUT2D eigenvalue weighted by Gasteiger charge is 1.97. The van der Waals surface area contributed by atoms with E-state index in [1.807, 2.05) is 24.3 Å². The monoisotopic (exact) mass is 266 g/mol. The van der Waals surface area contributed by atoms with Crippen molar-refractivity contribution in [3.63, 3.8) is 0 Å².